The summed E-state index contributed by atoms with van der Waals surface area (Å²) in [5.74, 6) is 0.750. The third-order valence-corrected chi connectivity index (χ3v) is 4.37. The van der Waals surface area contributed by atoms with Crippen molar-refractivity contribution in [2.24, 2.45) is 0 Å². The Hall–Kier alpha value is -2.29. The van der Waals surface area contributed by atoms with Gasteiger partial charge in [0.15, 0.2) is 0 Å². The second-order valence-corrected chi connectivity index (χ2v) is 6.42. The Morgan fingerprint density at radius 3 is 2.70 bits per heavy atom. The second kappa shape index (κ2) is 6.86. The zero-order valence-corrected chi connectivity index (χ0v) is 14.6. The van der Waals surface area contributed by atoms with Crippen LogP contribution < -0.4 is 4.90 Å². The Bertz CT molecular complexity index is 635. The summed E-state index contributed by atoms with van der Waals surface area (Å²) in [6.07, 6.45) is 1.95. The molecule has 6 nitrogen and oxygen atoms in total. The molecule has 1 fully saturated rings. The normalized spacial score (nSPS) is 17.6. The van der Waals surface area contributed by atoms with E-state index in [1.54, 1.807) is 23.9 Å². The third kappa shape index (κ3) is 3.55. The molecule has 2 amide bonds. The molecule has 1 atom stereocenters. The molecule has 2 heterocycles. The van der Waals surface area contributed by atoms with Crippen molar-refractivity contribution in [1.29, 1.82) is 5.26 Å². The van der Waals surface area contributed by atoms with Gasteiger partial charge < -0.3 is 14.7 Å². The fraction of sp³-hybridized carbons (Fsp3) is 0.588. The Balaban J connectivity index is 2.26. The van der Waals surface area contributed by atoms with Crippen LogP contribution in [0.15, 0.2) is 6.07 Å². The van der Waals surface area contributed by atoms with Crippen molar-refractivity contribution >= 4 is 11.8 Å². The van der Waals surface area contributed by atoms with Crippen molar-refractivity contribution < 1.29 is 4.79 Å². The maximum Gasteiger partial charge on any atom is 0.319 e. The predicted octanol–water partition coefficient (Wildman–Crippen LogP) is 2.15. The third-order valence-electron chi connectivity index (χ3n) is 4.37. The van der Waals surface area contributed by atoms with Crippen molar-refractivity contribution in [3.63, 3.8) is 0 Å². The van der Waals surface area contributed by atoms with Gasteiger partial charge in [-0.1, -0.05) is 0 Å². The smallest absolute Gasteiger partial charge is 0.319 e. The number of hydrogen-bond donors (Lipinski definition) is 0. The highest BCUT2D eigenvalue weighted by atomic mass is 16.2. The Kier molecular flexibility index (Phi) is 5.09. The van der Waals surface area contributed by atoms with Gasteiger partial charge in [0.2, 0.25) is 0 Å². The quantitative estimate of drug-likeness (QED) is 0.839. The number of piperidine rings is 1. The molecular weight excluding hydrogens is 290 g/mol. The van der Waals surface area contributed by atoms with E-state index in [0.29, 0.717) is 12.1 Å². The molecule has 2 rings (SSSR count). The van der Waals surface area contributed by atoms with Gasteiger partial charge in [0.1, 0.15) is 11.9 Å². The highest BCUT2D eigenvalue weighted by molar-refractivity contribution is 5.74. The SMILES string of the molecule is Cc1cc(C)c(C#N)c(N2CCCC(N(C)C(=O)N(C)C)C2)n1. The van der Waals surface area contributed by atoms with Crippen molar-refractivity contribution in [1.82, 2.24) is 14.8 Å². The number of nitriles is 1. The average Bonchev–Trinajstić information content (AvgIpc) is 2.52. The minimum atomic E-state index is 0.00531. The maximum absolute atomic E-state index is 12.2. The van der Waals surface area contributed by atoms with E-state index in [0.717, 1.165) is 36.5 Å². The molecule has 1 unspecified atom stereocenters. The van der Waals surface area contributed by atoms with E-state index < -0.39 is 0 Å². The molecule has 1 aromatic rings. The summed E-state index contributed by atoms with van der Waals surface area (Å²) in [6.45, 7) is 5.46. The summed E-state index contributed by atoms with van der Waals surface area (Å²) < 4.78 is 0. The molecule has 0 aliphatic carbocycles. The summed E-state index contributed by atoms with van der Waals surface area (Å²) in [6, 6.07) is 4.35. The Labute approximate surface area is 138 Å². The number of amides is 2. The van der Waals surface area contributed by atoms with E-state index in [1.807, 2.05) is 27.0 Å². The first-order valence-electron chi connectivity index (χ1n) is 7.92. The van der Waals surface area contributed by atoms with Crippen molar-refractivity contribution in [3.8, 4) is 6.07 Å². The van der Waals surface area contributed by atoms with Gasteiger partial charge >= 0.3 is 6.03 Å². The van der Waals surface area contributed by atoms with Crippen LogP contribution in [0, 0.1) is 25.2 Å². The summed E-state index contributed by atoms with van der Waals surface area (Å²) in [7, 11) is 5.37. The lowest BCUT2D eigenvalue weighted by Gasteiger charge is -2.39. The number of rotatable bonds is 2. The van der Waals surface area contributed by atoms with Crippen molar-refractivity contribution in [3.05, 3.63) is 22.9 Å². The fourth-order valence-electron chi connectivity index (χ4n) is 3.12. The van der Waals surface area contributed by atoms with Crippen LogP contribution in [-0.2, 0) is 0 Å². The van der Waals surface area contributed by atoms with Crippen LogP contribution in [0.4, 0.5) is 10.6 Å². The zero-order valence-electron chi connectivity index (χ0n) is 14.6. The molecule has 0 aromatic carbocycles. The average molecular weight is 315 g/mol. The maximum atomic E-state index is 12.2. The summed E-state index contributed by atoms with van der Waals surface area (Å²) in [5, 5.41) is 9.47. The number of carbonyl (C=O) groups excluding carboxylic acids is 1. The van der Waals surface area contributed by atoms with E-state index in [2.05, 4.69) is 16.0 Å². The van der Waals surface area contributed by atoms with Crippen molar-refractivity contribution in [2.45, 2.75) is 32.7 Å². The molecule has 1 aliphatic heterocycles. The summed E-state index contributed by atoms with van der Waals surface area (Å²) >= 11 is 0. The van der Waals surface area contributed by atoms with Gasteiger partial charge in [-0.25, -0.2) is 9.78 Å². The topological polar surface area (TPSA) is 63.5 Å². The van der Waals surface area contributed by atoms with Gasteiger partial charge in [-0.3, -0.25) is 0 Å². The van der Waals surface area contributed by atoms with Gasteiger partial charge in [-0.15, -0.1) is 0 Å². The van der Waals surface area contributed by atoms with Crippen LogP contribution in [0.25, 0.3) is 0 Å². The van der Waals surface area contributed by atoms with Gasteiger partial charge in [0.25, 0.3) is 0 Å². The standard InChI is InChI=1S/C17H25N5O/c1-12-9-13(2)19-16(15(12)10-18)22-8-6-7-14(11-22)21(5)17(23)20(3)4/h9,14H,6-8,11H2,1-5H3. The Morgan fingerprint density at radius 2 is 2.09 bits per heavy atom. The molecule has 0 N–H and O–H groups in total. The van der Waals surface area contributed by atoms with Gasteiger partial charge in [-0.2, -0.15) is 5.26 Å². The molecule has 0 saturated carbocycles. The first-order chi connectivity index (χ1) is 10.8. The number of nitrogens with zero attached hydrogens (tertiary/aromatic N) is 5. The number of aromatic nitrogens is 1. The number of hydrogen-bond acceptors (Lipinski definition) is 4. The number of pyridine rings is 1. The number of aryl methyl sites for hydroxylation is 2. The molecule has 6 heteroatoms. The number of anilines is 1. The van der Waals surface area contributed by atoms with E-state index in [4.69, 9.17) is 0 Å². The largest absolute Gasteiger partial charge is 0.353 e. The van der Waals surface area contributed by atoms with Crippen LogP contribution in [0.2, 0.25) is 0 Å². The molecular formula is C17H25N5O. The van der Waals surface area contributed by atoms with Crippen LogP contribution in [0.1, 0.15) is 29.7 Å². The summed E-state index contributed by atoms with van der Waals surface area (Å²) in [4.78, 5) is 22.3. The first kappa shape index (κ1) is 17.1. The number of likely N-dealkylation sites (N-methyl/N-ethyl adjacent to an activating group) is 1. The molecule has 1 aliphatic rings. The number of urea groups is 1. The van der Waals surface area contributed by atoms with Crippen LogP contribution in [0.5, 0.6) is 0 Å². The molecule has 124 valence electrons. The molecule has 0 bridgehead atoms. The molecule has 1 aromatic heterocycles. The van der Waals surface area contributed by atoms with E-state index in [-0.39, 0.29) is 12.1 Å². The monoisotopic (exact) mass is 315 g/mol. The summed E-state index contributed by atoms with van der Waals surface area (Å²) in [5.41, 5.74) is 2.50. The van der Waals surface area contributed by atoms with Crippen molar-refractivity contribution in [2.75, 3.05) is 39.1 Å². The predicted molar refractivity (Wildman–Crippen MR) is 90.5 cm³/mol. The van der Waals surface area contributed by atoms with Gasteiger partial charge in [0.05, 0.1) is 11.6 Å². The Morgan fingerprint density at radius 1 is 1.39 bits per heavy atom. The first-order valence-corrected chi connectivity index (χ1v) is 7.92. The molecule has 1 saturated heterocycles. The lowest BCUT2D eigenvalue weighted by Crippen LogP contribution is -2.51. The van der Waals surface area contributed by atoms with Gasteiger partial charge in [-0.05, 0) is 38.3 Å². The molecule has 0 radical (unpaired) electrons. The van der Waals surface area contributed by atoms with E-state index >= 15 is 0 Å². The zero-order chi connectivity index (χ0) is 17.1. The minimum Gasteiger partial charge on any atom is -0.353 e. The van der Waals surface area contributed by atoms with Crippen LogP contribution >= 0.6 is 0 Å². The van der Waals surface area contributed by atoms with Gasteiger partial charge in [0, 0.05) is 39.9 Å². The molecule has 23 heavy (non-hydrogen) atoms. The van der Waals surface area contributed by atoms with Crippen LogP contribution in [-0.4, -0.2) is 61.1 Å². The van der Waals surface area contributed by atoms with Crippen LogP contribution in [0.3, 0.4) is 0 Å². The minimum absolute atomic E-state index is 0.00531. The highest BCUT2D eigenvalue weighted by Crippen LogP contribution is 2.26. The lowest BCUT2D eigenvalue weighted by atomic mass is 10.0. The van der Waals surface area contributed by atoms with E-state index in [1.165, 1.54) is 0 Å². The molecule has 0 spiro atoms. The highest BCUT2D eigenvalue weighted by Gasteiger charge is 2.29. The lowest BCUT2D eigenvalue weighted by molar-refractivity contribution is 0.157. The van der Waals surface area contributed by atoms with E-state index in [9.17, 15) is 10.1 Å². The number of carbonyl (C=O) groups is 1. The second-order valence-electron chi connectivity index (χ2n) is 6.42. The fourth-order valence-corrected chi connectivity index (χ4v) is 3.12.